The average Bonchev–Trinajstić information content (AvgIpc) is 3.34. The van der Waals surface area contributed by atoms with Gasteiger partial charge in [0.2, 0.25) is 0 Å². The van der Waals surface area contributed by atoms with Gasteiger partial charge in [0.1, 0.15) is 11.2 Å². The predicted molar refractivity (Wildman–Crippen MR) is 183 cm³/mol. The average molecular weight is 603 g/mol. The molecule has 0 amide bonds. The van der Waals surface area contributed by atoms with Crippen LogP contribution in [0.2, 0.25) is 0 Å². The molecule has 242 valence electrons. The lowest BCUT2D eigenvalue weighted by Crippen LogP contribution is -2.49. The van der Waals surface area contributed by atoms with Crippen LogP contribution >= 0.6 is 0 Å². The SMILES string of the molecule is CC(=C/C=C/C(C)=C/C=C/C=C(C)/C=C/C=C(\C)[C@H]1CC2C(C)(C)CC(O)CC2(C)O1)/C=C/[C@@]12O[C@]1(C)C[C@@H](O)CC2(C)C. The maximum atomic E-state index is 10.4. The summed E-state index contributed by atoms with van der Waals surface area (Å²) in [6.45, 7) is 21.7. The van der Waals surface area contributed by atoms with E-state index in [1.807, 2.05) is 0 Å². The molecule has 2 N–H and O–H groups in total. The smallest absolute Gasteiger partial charge is 0.121 e. The zero-order valence-electron chi connectivity index (χ0n) is 29.0. The van der Waals surface area contributed by atoms with Crippen LogP contribution in [-0.2, 0) is 9.47 Å². The van der Waals surface area contributed by atoms with Crippen LogP contribution in [0.3, 0.4) is 0 Å². The summed E-state index contributed by atoms with van der Waals surface area (Å²) >= 11 is 0. The van der Waals surface area contributed by atoms with E-state index in [9.17, 15) is 10.2 Å². The van der Waals surface area contributed by atoms with Crippen LogP contribution in [0, 0.1) is 16.7 Å². The summed E-state index contributed by atoms with van der Waals surface area (Å²) in [6.07, 6.45) is 29.1. The van der Waals surface area contributed by atoms with Crippen molar-refractivity contribution in [2.24, 2.45) is 16.7 Å². The van der Waals surface area contributed by atoms with Crippen molar-refractivity contribution in [1.29, 1.82) is 0 Å². The molecule has 4 rings (SSSR count). The van der Waals surface area contributed by atoms with Gasteiger partial charge >= 0.3 is 0 Å². The lowest BCUT2D eigenvalue weighted by molar-refractivity contribution is -0.122. The van der Waals surface area contributed by atoms with Gasteiger partial charge in [-0.3, -0.25) is 0 Å². The molecule has 4 fully saturated rings. The van der Waals surface area contributed by atoms with E-state index in [0.717, 1.165) is 25.7 Å². The third kappa shape index (κ3) is 7.41. The van der Waals surface area contributed by atoms with E-state index in [-0.39, 0.29) is 45.9 Å². The van der Waals surface area contributed by atoms with Gasteiger partial charge in [-0.2, -0.15) is 0 Å². The summed E-state index contributed by atoms with van der Waals surface area (Å²) in [5.74, 6) is 0.463. The molecule has 0 spiro atoms. The molecule has 2 saturated heterocycles. The van der Waals surface area contributed by atoms with Gasteiger partial charge in [-0.15, -0.1) is 0 Å². The summed E-state index contributed by atoms with van der Waals surface area (Å²) in [6, 6.07) is 0. The molecule has 2 aliphatic heterocycles. The molecule has 7 atom stereocenters. The van der Waals surface area contributed by atoms with Crippen LogP contribution in [0.25, 0.3) is 0 Å². The largest absolute Gasteiger partial charge is 0.393 e. The van der Waals surface area contributed by atoms with Gasteiger partial charge in [0.15, 0.2) is 0 Å². The minimum atomic E-state index is -0.293. The second kappa shape index (κ2) is 12.9. The van der Waals surface area contributed by atoms with Crippen LogP contribution in [0.5, 0.6) is 0 Å². The highest BCUT2D eigenvalue weighted by Crippen LogP contribution is 2.66. The molecule has 3 unspecified atom stereocenters. The monoisotopic (exact) mass is 602 g/mol. The first kappa shape index (κ1) is 34.6. The van der Waals surface area contributed by atoms with Crippen LogP contribution in [0.1, 0.15) is 101 Å². The Hall–Kier alpha value is -2.24. The van der Waals surface area contributed by atoms with Gasteiger partial charge in [0.05, 0.1) is 23.9 Å². The van der Waals surface area contributed by atoms with Crippen molar-refractivity contribution in [3.63, 3.8) is 0 Å². The number of hydrogen-bond acceptors (Lipinski definition) is 4. The van der Waals surface area contributed by atoms with Crippen molar-refractivity contribution in [3.8, 4) is 0 Å². The van der Waals surface area contributed by atoms with Crippen molar-refractivity contribution >= 4 is 0 Å². The first-order valence-corrected chi connectivity index (χ1v) is 16.6. The standard InChI is InChI=1S/C40H58O4/c1-28(17-13-18-30(3)21-22-40-37(7,8)25-33(42)27-39(40,10)44-40)15-11-12-16-29(2)19-14-20-31(4)34-23-35-36(5,6)24-32(41)26-38(35,9)43-34/h11-22,32-35,41-42H,23-27H2,1-10H3/b12-11+,17-13+,19-14+,22-21+,28-15+,29-16+,30-18-,31-20+/t32?,33-,34+,35?,38?,39+,40-/m0/s1. The third-order valence-electron chi connectivity index (χ3n) is 10.8. The number of ether oxygens (including phenoxy) is 2. The molecule has 44 heavy (non-hydrogen) atoms. The Balaban J connectivity index is 1.26. The first-order chi connectivity index (χ1) is 20.4. The van der Waals surface area contributed by atoms with E-state index in [1.165, 1.54) is 22.3 Å². The van der Waals surface area contributed by atoms with Gasteiger partial charge < -0.3 is 19.7 Å². The van der Waals surface area contributed by atoms with Crippen LogP contribution in [0.15, 0.2) is 95.2 Å². The summed E-state index contributed by atoms with van der Waals surface area (Å²) < 4.78 is 12.8. The summed E-state index contributed by atoms with van der Waals surface area (Å²) in [7, 11) is 0. The number of fused-ring (bicyclic) bond motifs is 2. The van der Waals surface area contributed by atoms with Crippen molar-refractivity contribution in [2.45, 2.75) is 136 Å². The lowest BCUT2D eigenvalue weighted by Gasteiger charge is -2.47. The molecule has 0 bridgehead atoms. The molecule has 0 aromatic rings. The number of rotatable bonds is 9. The van der Waals surface area contributed by atoms with Crippen molar-refractivity contribution < 1.29 is 19.7 Å². The van der Waals surface area contributed by atoms with Crippen LogP contribution in [0.4, 0.5) is 0 Å². The van der Waals surface area contributed by atoms with Gasteiger partial charge in [-0.1, -0.05) is 111 Å². The molecule has 2 aliphatic carbocycles. The van der Waals surface area contributed by atoms with Gasteiger partial charge in [0, 0.05) is 18.3 Å². The highest BCUT2D eigenvalue weighted by Gasteiger charge is 2.74. The Bertz CT molecular complexity index is 1320. The number of aliphatic hydroxyl groups excluding tert-OH is 2. The number of aliphatic hydroxyl groups is 2. The number of hydrogen-bond donors (Lipinski definition) is 2. The highest BCUT2D eigenvalue weighted by molar-refractivity contribution is 5.37. The molecule has 4 nitrogen and oxygen atoms in total. The molecule has 2 saturated carbocycles. The molecule has 0 radical (unpaired) electrons. The highest BCUT2D eigenvalue weighted by atomic mass is 16.6. The van der Waals surface area contributed by atoms with E-state index in [1.54, 1.807) is 0 Å². The molecular formula is C40H58O4. The Morgan fingerprint density at radius 2 is 1.20 bits per heavy atom. The summed E-state index contributed by atoms with van der Waals surface area (Å²) in [4.78, 5) is 0. The van der Waals surface area contributed by atoms with Gasteiger partial charge in [0.25, 0.3) is 0 Å². The number of epoxide rings is 1. The molecule has 2 heterocycles. The molecule has 4 heteroatoms. The van der Waals surface area contributed by atoms with Gasteiger partial charge in [-0.05, 0) is 83.8 Å². The van der Waals surface area contributed by atoms with E-state index in [4.69, 9.17) is 9.47 Å². The third-order valence-corrected chi connectivity index (χ3v) is 10.8. The second-order valence-corrected chi connectivity index (χ2v) is 15.9. The Morgan fingerprint density at radius 3 is 1.82 bits per heavy atom. The zero-order valence-corrected chi connectivity index (χ0v) is 29.0. The lowest BCUT2D eigenvalue weighted by atomic mass is 9.60. The van der Waals surface area contributed by atoms with E-state index >= 15 is 0 Å². The fourth-order valence-electron chi connectivity index (χ4n) is 8.54. The maximum Gasteiger partial charge on any atom is 0.121 e. The Morgan fingerprint density at radius 1 is 0.659 bits per heavy atom. The molecule has 0 aromatic carbocycles. The zero-order chi connectivity index (χ0) is 32.6. The molecule has 0 aromatic heterocycles. The minimum absolute atomic E-state index is 0.0888. The van der Waals surface area contributed by atoms with E-state index in [2.05, 4.69) is 142 Å². The molecular weight excluding hydrogens is 544 g/mol. The number of allylic oxidation sites excluding steroid dienone is 14. The van der Waals surface area contributed by atoms with Crippen molar-refractivity contribution in [2.75, 3.05) is 0 Å². The topological polar surface area (TPSA) is 62.2 Å². The van der Waals surface area contributed by atoms with Crippen LogP contribution in [-0.4, -0.2) is 45.3 Å². The second-order valence-electron chi connectivity index (χ2n) is 15.9. The fraction of sp³-hybridized carbons (Fsp3) is 0.600. The minimum Gasteiger partial charge on any atom is -0.393 e. The van der Waals surface area contributed by atoms with Crippen molar-refractivity contribution in [3.05, 3.63) is 95.2 Å². The summed E-state index contributed by atoms with van der Waals surface area (Å²) in [5, 5.41) is 20.7. The summed E-state index contributed by atoms with van der Waals surface area (Å²) in [5.41, 5.74) is 3.96. The Labute approximate surface area is 267 Å². The first-order valence-electron chi connectivity index (χ1n) is 16.6. The van der Waals surface area contributed by atoms with E-state index < -0.39 is 0 Å². The van der Waals surface area contributed by atoms with E-state index in [0.29, 0.717) is 12.3 Å². The predicted octanol–water partition coefficient (Wildman–Crippen LogP) is 9.05. The normalized spacial score (nSPS) is 39.5. The van der Waals surface area contributed by atoms with Crippen molar-refractivity contribution in [1.82, 2.24) is 0 Å². The van der Waals surface area contributed by atoms with Crippen LogP contribution < -0.4 is 0 Å². The maximum absolute atomic E-state index is 10.4. The quantitative estimate of drug-likeness (QED) is 0.204. The fourth-order valence-corrected chi connectivity index (χ4v) is 8.54. The Kier molecular flexibility index (Phi) is 10.1. The van der Waals surface area contributed by atoms with Gasteiger partial charge in [-0.25, -0.2) is 0 Å². The molecule has 4 aliphatic rings.